The molecule has 0 heterocycles. The number of nitrogens with one attached hydrogen (secondary N) is 2. The zero-order chi connectivity index (χ0) is 24.0. The monoisotopic (exact) mass is 462 g/mol. The Labute approximate surface area is 194 Å². The number of amides is 2. The van der Waals surface area contributed by atoms with Gasteiger partial charge in [0.15, 0.2) is 9.84 Å². The summed E-state index contributed by atoms with van der Waals surface area (Å²) < 4.78 is 23.8. The van der Waals surface area contributed by atoms with E-state index in [-0.39, 0.29) is 28.9 Å². The van der Waals surface area contributed by atoms with Crippen LogP contribution in [0.4, 0.5) is 11.4 Å². The van der Waals surface area contributed by atoms with Crippen molar-refractivity contribution in [2.75, 3.05) is 16.4 Å². The number of carbonyl (C=O) groups is 2. The van der Waals surface area contributed by atoms with E-state index >= 15 is 0 Å². The molecule has 170 valence electrons. The number of para-hydroxylation sites is 1. The fourth-order valence-electron chi connectivity index (χ4n) is 3.43. The van der Waals surface area contributed by atoms with Gasteiger partial charge in [0, 0.05) is 16.9 Å². The highest BCUT2D eigenvalue weighted by molar-refractivity contribution is 7.91. The summed E-state index contributed by atoms with van der Waals surface area (Å²) >= 11 is 0. The lowest BCUT2D eigenvalue weighted by Gasteiger charge is -2.14. The molecule has 0 aliphatic rings. The van der Waals surface area contributed by atoms with Gasteiger partial charge in [-0.05, 0) is 60.0 Å². The Kier molecular flexibility index (Phi) is 7.45. The Morgan fingerprint density at radius 1 is 0.939 bits per heavy atom. The van der Waals surface area contributed by atoms with Gasteiger partial charge in [0.2, 0.25) is 11.8 Å². The number of anilines is 2. The van der Waals surface area contributed by atoms with Crippen molar-refractivity contribution in [3.05, 3.63) is 90.5 Å². The summed E-state index contributed by atoms with van der Waals surface area (Å²) in [5, 5.41) is 5.69. The van der Waals surface area contributed by atoms with E-state index in [4.69, 9.17) is 0 Å². The van der Waals surface area contributed by atoms with E-state index < -0.39 is 9.84 Å². The first-order chi connectivity index (χ1) is 15.7. The van der Waals surface area contributed by atoms with Crippen molar-refractivity contribution in [3.8, 4) is 11.1 Å². The van der Waals surface area contributed by atoms with Crippen LogP contribution in [0.2, 0.25) is 0 Å². The molecular formula is C26H26N2O4S. The van der Waals surface area contributed by atoms with Crippen molar-refractivity contribution in [2.45, 2.75) is 25.2 Å². The van der Waals surface area contributed by atoms with E-state index in [1.54, 1.807) is 19.1 Å². The van der Waals surface area contributed by atoms with Crippen LogP contribution in [0.25, 0.3) is 11.1 Å². The molecule has 0 unspecified atom stereocenters. The van der Waals surface area contributed by atoms with Gasteiger partial charge in [-0.15, -0.1) is 0 Å². The highest BCUT2D eigenvalue weighted by Crippen LogP contribution is 2.32. The normalized spacial score (nSPS) is 11.0. The molecule has 0 saturated carbocycles. The number of hydrogen-bond acceptors (Lipinski definition) is 4. The molecule has 2 N–H and O–H groups in total. The number of hydrogen-bond donors (Lipinski definition) is 2. The first-order valence-electron chi connectivity index (χ1n) is 10.5. The van der Waals surface area contributed by atoms with Crippen LogP contribution in [0.1, 0.15) is 18.1 Å². The molecule has 3 aromatic carbocycles. The molecule has 0 aliphatic heterocycles. The average molecular weight is 463 g/mol. The summed E-state index contributed by atoms with van der Waals surface area (Å²) in [6.45, 7) is 7.02. The Balaban J connectivity index is 1.73. The number of benzene rings is 3. The van der Waals surface area contributed by atoms with Gasteiger partial charge in [-0.2, -0.15) is 0 Å². The molecule has 3 rings (SSSR count). The summed E-state index contributed by atoms with van der Waals surface area (Å²) in [6.07, 6.45) is 1.35. The molecule has 0 bridgehead atoms. The largest absolute Gasteiger partial charge is 0.326 e. The first-order valence-corrected chi connectivity index (χ1v) is 12.1. The van der Waals surface area contributed by atoms with E-state index in [0.29, 0.717) is 11.4 Å². The number of sulfone groups is 1. The predicted molar refractivity (Wildman–Crippen MR) is 132 cm³/mol. The zero-order valence-corrected chi connectivity index (χ0v) is 19.4. The lowest BCUT2D eigenvalue weighted by molar-refractivity contribution is -0.115. The minimum Gasteiger partial charge on any atom is -0.326 e. The smallest absolute Gasteiger partial charge is 0.247 e. The van der Waals surface area contributed by atoms with Crippen LogP contribution in [0, 0.1) is 6.92 Å². The van der Waals surface area contributed by atoms with Crippen molar-refractivity contribution in [2.24, 2.45) is 0 Å². The molecule has 0 saturated heterocycles. The summed E-state index contributed by atoms with van der Waals surface area (Å²) in [6, 6.07) is 19.4. The second kappa shape index (κ2) is 10.3. The van der Waals surface area contributed by atoms with Crippen LogP contribution in [0.5, 0.6) is 0 Å². The molecule has 0 radical (unpaired) electrons. The second-order valence-electron chi connectivity index (χ2n) is 7.54. The van der Waals surface area contributed by atoms with Crippen molar-refractivity contribution in [1.29, 1.82) is 0 Å². The second-order valence-corrected chi connectivity index (χ2v) is 9.82. The van der Waals surface area contributed by atoms with Crippen LogP contribution in [0.15, 0.2) is 84.3 Å². The fraction of sp³-hybridized carbons (Fsp3) is 0.154. The van der Waals surface area contributed by atoms with Crippen molar-refractivity contribution < 1.29 is 18.0 Å². The number of aryl methyl sites for hydroxylation is 1. The molecule has 0 spiro atoms. The molecule has 0 atom stereocenters. The van der Waals surface area contributed by atoms with E-state index in [9.17, 15) is 18.0 Å². The topological polar surface area (TPSA) is 92.3 Å². The maximum atomic E-state index is 12.5. The molecule has 0 aliphatic carbocycles. The van der Waals surface area contributed by atoms with Gasteiger partial charge in [0.25, 0.3) is 0 Å². The van der Waals surface area contributed by atoms with E-state index in [1.807, 2.05) is 49.4 Å². The van der Waals surface area contributed by atoms with E-state index in [2.05, 4.69) is 17.2 Å². The molecule has 33 heavy (non-hydrogen) atoms. The van der Waals surface area contributed by atoms with Gasteiger partial charge in [0.1, 0.15) is 0 Å². The lowest BCUT2D eigenvalue weighted by Crippen LogP contribution is -2.14. The summed E-state index contributed by atoms with van der Waals surface area (Å²) in [4.78, 5) is 24.5. The minimum absolute atomic E-state index is 0.0350. The Morgan fingerprint density at radius 2 is 1.64 bits per heavy atom. The minimum atomic E-state index is -3.26. The standard InChI is InChI=1S/C26H26N2O4S/c1-4-25(29)28-24-9-7-6-8-23(24)22-15-12-20(16-18(22)3)27-26(30)17-19-10-13-21(14-11-19)33(31,32)5-2/h4,6-16H,1,5,17H2,2-3H3,(H,27,30)(H,28,29). The van der Waals surface area contributed by atoms with Crippen LogP contribution in [-0.2, 0) is 25.8 Å². The molecule has 0 fully saturated rings. The fourth-order valence-corrected chi connectivity index (χ4v) is 4.31. The molecule has 3 aromatic rings. The van der Waals surface area contributed by atoms with E-state index in [1.165, 1.54) is 18.2 Å². The Morgan fingerprint density at radius 3 is 2.27 bits per heavy atom. The van der Waals surface area contributed by atoms with Gasteiger partial charge in [-0.1, -0.05) is 49.9 Å². The van der Waals surface area contributed by atoms with Gasteiger partial charge >= 0.3 is 0 Å². The SMILES string of the molecule is C=CC(=O)Nc1ccccc1-c1ccc(NC(=O)Cc2ccc(S(=O)(=O)CC)cc2)cc1C. The quantitative estimate of drug-likeness (QED) is 0.472. The van der Waals surface area contributed by atoms with Gasteiger partial charge in [0.05, 0.1) is 17.1 Å². The van der Waals surface area contributed by atoms with Crippen LogP contribution in [0.3, 0.4) is 0 Å². The van der Waals surface area contributed by atoms with Crippen molar-refractivity contribution in [1.82, 2.24) is 0 Å². The highest BCUT2D eigenvalue weighted by atomic mass is 32.2. The third kappa shape index (κ3) is 5.96. The maximum Gasteiger partial charge on any atom is 0.247 e. The average Bonchev–Trinajstić information content (AvgIpc) is 2.80. The van der Waals surface area contributed by atoms with Gasteiger partial charge in [-0.3, -0.25) is 9.59 Å². The summed E-state index contributed by atoms with van der Waals surface area (Å²) in [5.74, 6) is -0.455. The molecule has 6 nitrogen and oxygen atoms in total. The number of rotatable bonds is 8. The molecular weight excluding hydrogens is 436 g/mol. The predicted octanol–water partition coefficient (Wildman–Crippen LogP) is 4.76. The van der Waals surface area contributed by atoms with Gasteiger partial charge < -0.3 is 10.6 Å². The molecule has 2 amide bonds. The van der Waals surface area contributed by atoms with Gasteiger partial charge in [-0.25, -0.2) is 8.42 Å². The summed E-state index contributed by atoms with van der Waals surface area (Å²) in [5.41, 5.74) is 4.78. The Hall–Kier alpha value is -3.71. The van der Waals surface area contributed by atoms with Crippen LogP contribution in [-0.4, -0.2) is 26.0 Å². The van der Waals surface area contributed by atoms with Crippen LogP contribution < -0.4 is 10.6 Å². The first kappa shape index (κ1) is 23.9. The van der Waals surface area contributed by atoms with Crippen molar-refractivity contribution in [3.63, 3.8) is 0 Å². The van der Waals surface area contributed by atoms with Crippen LogP contribution >= 0.6 is 0 Å². The highest BCUT2D eigenvalue weighted by Gasteiger charge is 2.13. The summed E-state index contributed by atoms with van der Waals surface area (Å²) in [7, 11) is -3.26. The maximum absolute atomic E-state index is 12.5. The zero-order valence-electron chi connectivity index (χ0n) is 18.6. The molecule has 0 aromatic heterocycles. The van der Waals surface area contributed by atoms with Crippen molar-refractivity contribution >= 4 is 33.0 Å². The third-order valence-corrected chi connectivity index (χ3v) is 6.95. The number of carbonyl (C=O) groups excluding carboxylic acids is 2. The van der Waals surface area contributed by atoms with E-state index in [0.717, 1.165) is 22.3 Å². The third-order valence-electron chi connectivity index (χ3n) is 5.20. The Bertz CT molecular complexity index is 1300. The lowest BCUT2D eigenvalue weighted by atomic mass is 9.98. The molecule has 7 heteroatoms.